The van der Waals surface area contributed by atoms with E-state index in [1.54, 1.807) is 0 Å². The van der Waals surface area contributed by atoms with Gasteiger partial charge in [-0.2, -0.15) is 8.78 Å². The van der Waals surface area contributed by atoms with Crippen molar-refractivity contribution in [2.45, 2.75) is 45.3 Å². The molecule has 0 saturated heterocycles. The van der Waals surface area contributed by atoms with Gasteiger partial charge in [-0.1, -0.05) is 19.8 Å². The first kappa shape index (κ1) is 8.91. The highest BCUT2D eigenvalue weighted by atomic mass is 19.3. The lowest BCUT2D eigenvalue weighted by molar-refractivity contribution is -0.171. The maximum Gasteiger partial charge on any atom is 0.345 e. The van der Waals surface area contributed by atoms with E-state index < -0.39 is 6.61 Å². The summed E-state index contributed by atoms with van der Waals surface area (Å²) in [4.78, 5) is 0. The molecule has 0 aliphatic heterocycles. The van der Waals surface area contributed by atoms with E-state index >= 15 is 0 Å². The highest BCUT2D eigenvalue weighted by molar-refractivity contribution is 4.76. The first-order valence-corrected chi connectivity index (χ1v) is 4.17. The summed E-state index contributed by atoms with van der Waals surface area (Å²) < 4.78 is 28.0. The molecule has 0 N–H and O–H groups in total. The Balaban J connectivity index is 2.31. The van der Waals surface area contributed by atoms with E-state index in [2.05, 4.69) is 4.74 Å². The Morgan fingerprint density at radius 2 is 2.18 bits per heavy atom. The third kappa shape index (κ3) is 2.40. The number of hydrogen-bond donors (Lipinski definition) is 0. The van der Waals surface area contributed by atoms with Gasteiger partial charge < -0.3 is 4.74 Å². The standard InChI is InChI=1S/C8H14F2O/c1-2-6-4-3-5-7(6)11-8(9)10/h6-8H,2-5H2,1H3/t6-,7-/m0/s1. The Morgan fingerprint density at radius 1 is 1.45 bits per heavy atom. The minimum Gasteiger partial charge on any atom is -0.319 e. The molecule has 2 atom stereocenters. The van der Waals surface area contributed by atoms with Gasteiger partial charge in [-0.05, 0) is 18.8 Å². The molecule has 1 aliphatic rings. The zero-order valence-corrected chi connectivity index (χ0v) is 6.72. The molecule has 0 aromatic carbocycles. The summed E-state index contributed by atoms with van der Waals surface area (Å²) in [5, 5.41) is 0. The molecule has 0 bridgehead atoms. The SMILES string of the molecule is CC[C@H]1CCC[C@@H]1OC(F)F. The van der Waals surface area contributed by atoms with E-state index in [1.165, 1.54) is 0 Å². The van der Waals surface area contributed by atoms with E-state index in [1.807, 2.05) is 6.92 Å². The second-order valence-electron chi connectivity index (χ2n) is 3.03. The Morgan fingerprint density at radius 3 is 2.73 bits per heavy atom. The zero-order valence-electron chi connectivity index (χ0n) is 6.72. The molecule has 0 spiro atoms. The zero-order chi connectivity index (χ0) is 8.27. The minimum absolute atomic E-state index is 0.181. The molecule has 1 nitrogen and oxygen atoms in total. The minimum atomic E-state index is -2.59. The molecule has 0 aromatic heterocycles. The van der Waals surface area contributed by atoms with E-state index in [0.717, 1.165) is 25.7 Å². The first-order chi connectivity index (χ1) is 5.24. The molecular formula is C8H14F2O. The molecule has 3 heteroatoms. The van der Waals surface area contributed by atoms with Gasteiger partial charge >= 0.3 is 6.61 Å². The number of hydrogen-bond acceptors (Lipinski definition) is 1. The Bertz CT molecular complexity index is 117. The highest BCUT2D eigenvalue weighted by Gasteiger charge is 2.28. The second-order valence-corrected chi connectivity index (χ2v) is 3.03. The van der Waals surface area contributed by atoms with Crippen molar-refractivity contribution in [3.8, 4) is 0 Å². The molecule has 1 rings (SSSR count). The van der Waals surface area contributed by atoms with Crippen molar-refractivity contribution < 1.29 is 13.5 Å². The van der Waals surface area contributed by atoms with Crippen molar-refractivity contribution in [1.29, 1.82) is 0 Å². The van der Waals surface area contributed by atoms with Crippen molar-refractivity contribution in [2.24, 2.45) is 5.92 Å². The fourth-order valence-corrected chi connectivity index (χ4v) is 1.78. The number of rotatable bonds is 3. The summed E-state index contributed by atoms with van der Waals surface area (Å²) in [5.41, 5.74) is 0. The average molecular weight is 164 g/mol. The van der Waals surface area contributed by atoms with Gasteiger partial charge in [0, 0.05) is 0 Å². The lowest BCUT2D eigenvalue weighted by Gasteiger charge is -2.17. The van der Waals surface area contributed by atoms with Gasteiger partial charge in [0.05, 0.1) is 6.10 Å². The summed E-state index contributed by atoms with van der Waals surface area (Å²) >= 11 is 0. The van der Waals surface area contributed by atoms with Crippen molar-refractivity contribution in [3.05, 3.63) is 0 Å². The number of halogens is 2. The van der Waals surface area contributed by atoms with Crippen LogP contribution in [0.15, 0.2) is 0 Å². The number of ether oxygens (including phenoxy) is 1. The maximum absolute atomic E-state index is 11.8. The first-order valence-electron chi connectivity index (χ1n) is 4.17. The molecular weight excluding hydrogens is 150 g/mol. The van der Waals surface area contributed by atoms with Crippen LogP contribution in [0.4, 0.5) is 8.78 Å². The van der Waals surface area contributed by atoms with Crippen LogP contribution < -0.4 is 0 Å². The van der Waals surface area contributed by atoms with E-state index in [0.29, 0.717) is 5.92 Å². The summed E-state index contributed by atoms with van der Waals surface area (Å²) in [6.45, 7) is -0.565. The Labute approximate surface area is 65.7 Å². The van der Waals surface area contributed by atoms with Gasteiger partial charge in [-0.25, -0.2) is 0 Å². The fourth-order valence-electron chi connectivity index (χ4n) is 1.78. The summed E-state index contributed by atoms with van der Waals surface area (Å²) in [6, 6.07) is 0. The molecule has 11 heavy (non-hydrogen) atoms. The molecule has 0 unspecified atom stereocenters. The molecule has 1 saturated carbocycles. The lowest BCUT2D eigenvalue weighted by Crippen LogP contribution is -2.20. The van der Waals surface area contributed by atoms with E-state index in [-0.39, 0.29) is 6.10 Å². The molecule has 0 heterocycles. The summed E-state index contributed by atoms with van der Waals surface area (Å²) in [7, 11) is 0. The second kappa shape index (κ2) is 4.00. The molecule has 0 amide bonds. The summed E-state index contributed by atoms with van der Waals surface area (Å²) in [5.74, 6) is 0.365. The van der Waals surface area contributed by atoms with Crippen molar-refractivity contribution in [2.75, 3.05) is 0 Å². The summed E-state index contributed by atoms with van der Waals surface area (Å²) in [6.07, 6.45) is 3.67. The van der Waals surface area contributed by atoms with Gasteiger partial charge in [0.15, 0.2) is 0 Å². The third-order valence-corrected chi connectivity index (χ3v) is 2.39. The van der Waals surface area contributed by atoms with Crippen LogP contribution >= 0.6 is 0 Å². The van der Waals surface area contributed by atoms with Crippen LogP contribution in [-0.2, 0) is 4.74 Å². The van der Waals surface area contributed by atoms with Gasteiger partial charge in [0.1, 0.15) is 0 Å². The normalized spacial score (nSPS) is 31.6. The maximum atomic E-state index is 11.8. The van der Waals surface area contributed by atoms with Crippen LogP contribution in [0.25, 0.3) is 0 Å². The van der Waals surface area contributed by atoms with Crippen molar-refractivity contribution >= 4 is 0 Å². The van der Waals surface area contributed by atoms with Crippen molar-refractivity contribution in [3.63, 3.8) is 0 Å². The van der Waals surface area contributed by atoms with Crippen LogP contribution in [0.1, 0.15) is 32.6 Å². The van der Waals surface area contributed by atoms with Gasteiger partial charge in [-0.15, -0.1) is 0 Å². The van der Waals surface area contributed by atoms with Crippen LogP contribution in [0.5, 0.6) is 0 Å². The molecule has 1 aliphatic carbocycles. The van der Waals surface area contributed by atoms with E-state index in [4.69, 9.17) is 0 Å². The molecule has 0 radical (unpaired) electrons. The highest BCUT2D eigenvalue weighted by Crippen LogP contribution is 2.31. The smallest absolute Gasteiger partial charge is 0.319 e. The van der Waals surface area contributed by atoms with Crippen LogP contribution in [0.3, 0.4) is 0 Å². The predicted octanol–water partition coefficient (Wildman–Crippen LogP) is 2.80. The molecule has 0 aromatic rings. The third-order valence-electron chi connectivity index (χ3n) is 2.39. The quantitative estimate of drug-likeness (QED) is 0.623. The van der Waals surface area contributed by atoms with Crippen LogP contribution in [0.2, 0.25) is 0 Å². The Hall–Kier alpha value is -0.180. The Kier molecular flexibility index (Phi) is 3.24. The van der Waals surface area contributed by atoms with Gasteiger partial charge in [0.25, 0.3) is 0 Å². The molecule has 66 valence electrons. The lowest BCUT2D eigenvalue weighted by atomic mass is 10.0. The van der Waals surface area contributed by atoms with Crippen molar-refractivity contribution in [1.82, 2.24) is 0 Å². The fraction of sp³-hybridized carbons (Fsp3) is 1.00. The predicted molar refractivity (Wildman–Crippen MR) is 38.5 cm³/mol. The van der Waals surface area contributed by atoms with Gasteiger partial charge in [-0.3, -0.25) is 0 Å². The van der Waals surface area contributed by atoms with Crippen LogP contribution in [-0.4, -0.2) is 12.7 Å². The average Bonchev–Trinajstić information content (AvgIpc) is 2.34. The van der Waals surface area contributed by atoms with Gasteiger partial charge in [0.2, 0.25) is 0 Å². The van der Waals surface area contributed by atoms with E-state index in [9.17, 15) is 8.78 Å². The molecule has 1 fully saturated rings. The largest absolute Gasteiger partial charge is 0.345 e. The topological polar surface area (TPSA) is 9.23 Å². The van der Waals surface area contributed by atoms with Crippen LogP contribution in [0, 0.1) is 5.92 Å². The number of alkyl halides is 2. The monoisotopic (exact) mass is 164 g/mol.